The summed E-state index contributed by atoms with van der Waals surface area (Å²) in [5.74, 6) is -0.370. The largest absolute Gasteiger partial charge is 0.431 e. The second-order valence-electron chi connectivity index (χ2n) is 3.17. The summed E-state index contributed by atoms with van der Waals surface area (Å²) in [7, 11) is 0. The first-order valence-electron chi connectivity index (χ1n) is 4.14. The van der Waals surface area contributed by atoms with Crippen molar-refractivity contribution >= 4 is 5.97 Å². The predicted octanol–water partition coefficient (Wildman–Crippen LogP) is 1.09. The number of carbonyl (C=O) groups excluding carboxylic acids is 1. The Morgan fingerprint density at radius 3 is 3.08 bits per heavy atom. The second kappa shape index (κ2) is 2.85. The van der Waals surface area contributed by atoms with Crippen LogP contribution < -0.4 is 0 Å². The molecule has 3 nitrogen and oxygen atoms in total. The number of hydrogen-bond acceptors (Lipinski definition) is 3. The number of aliphatic hydroxyl groups is 1. The molecule has 1 atom stereocenters. The molecular weight excluding hydrogens is 168 g/mol. The molecule has 3 heteroatoms. The van der Waals surface area contributed by atoms with Crippen molar-refractivity contribution in [2.75, 3.05) is 0 Å². The van der Waals surface area contributed by atoms with Crippen molar-refractivity contribution in [2.24, 2.45) is 0 Å². The molecule has 1 aromatic carbocycles. The Bertz CT molecular complexity index is 357. The molecule has 1 aliphatic rings. The predicted molar refractivity (Wildman–Crippen MR) is 45.9 cm³/mol. The molecule has 0 saturated carbocycles. The van der Waals surface area contributed by atoms with Crippen molar-refractivity contribution in [1.29, 1.82) is 0 Å². The van der Waals surface area contributed by atoms with E-state index in [0.717, 1.165) is 16.7 Å². The third-order valence-electron chi connectivity index (χ3n) is 2.24. The molecular formula is C10H10O3. The van der Waals surface area contributed by atoms with E-state index in [2.05, 4.69) is 0 Å². The van der Waals surface area contributed by atoms with Gasteiger partial charge in [0.05, 0.1) is 6.42 Å². The maximum Gasteiger partial charge on any atom is 0.312 e. The molecule has 0 spiro atoms. The topological polar surface area (TPSA) is 46.5 Å². The number of rotatable bonds is 0. The highest BCUT2D eigenvalue weighted by atomic mass is 16.6. The van der Waals surface area contributed by atoms with Gasteiger partial charge in [0.15, 0.2) is 0 Å². The quantitative estimate of drug-likeness (QED) is 0.605. The summed E-state index contributed by atoms with van der Waals surface area (Å²) in [5, 5.41) is 9.47. The Labute approximate surface area is 76.0 Å². The van der Waals surface area contributed by atoms with Gasteiger partial charge in [0.2, 0.25) is 6.29 Å². The van der Waals surface area contributed by atoms with Crippen LogP contribution in [-0.4, -0.2) is 11.1 Å². The Morgan fingerprint density at radius 2 is 2.31 bits per heavy atom. The number of fused-ring (bicyclic) bond motifs is 1. The standard InChI is InChI=1S/C10H10O3/c1-6-3-2-4-7-5-8(11)13-10(12)9(6)7/h2-4,10,12H,5H2,1H3. The zero-order valence-electron chi connectivity index (χ0n) is 7.28. The fraction of sp³-hybridized carbons (Fsp3) is 0.300. The number of carbonyl (C=O) groups is 1. The monoisotopic (exact) mass is 178 g/mol. The molecule has 0 aliphatic carbocycles. The number of aliphatic hydroxyl groups excluding tert-OH is 1. The first kappa shape index (κ1) is 8.26. The number of cyclic esters (lactones) is 1. The van der Waals surface area contributed by atoms with Gasteiger partial charge >= 0.3 is 5.97 Å². The smallest absolute Gasteiger partial charge is 0.312 e. The van der Waals surface area contributed by atoms with Crippen molar-refractivity contribution in [3.8, 4) is 0 Å². The average Bonchev–Trinajstić information content (AvgIpc) is 2.02. The minimum absolute atomic E-state index is 0.258. The molecule has 13 heavy (non-hydrogen) atoms. The van der Waals surface area contributed by atoms with Crippen LogP contribution in [0.4, 0.5) is 0 Å². The van der Waals surface area contributed by atoms with Crippen LogP contribution in [0.15, 0.2) is 18.2 Å². The van der Waals surface area contributed by atoms with Crippen LogP contribution in [0.25, 0.3) is 0 Å². The van der Waals surface area contributed by atoms with Gasteiger partial charge in [0, 0.05) is 5.56 Å². The number of esters is 1. The van der Waals surface area contributed by atoms with Gasteiger partial charge in [-0.2, -0.15) is 0 Å². The molecule has 0 fully saturated rings. The van der Waals surface area contributed by atoms with Crippen molar-refractivity contribution in [3.05, 3.63) is 34.9 Å². The number of benzene rings is 1. The second-order valence-corrected chi connectivity index (χ2v) is 3.17. The zero-order valence-corrected chi connectivity index (χ0v) is 7.28. The Morgan fingerprint density at radius 1 is 1.54 bits per heavy atom. The van der Waals surface area contributed by atoms with Gasteiger partial charge in [0.25, 0.3) is 0 Å². The minimum Gasteiger partial charge on any atom is -0.431 e. The van der Waals surface area contributed by atoms with Gasteiger partial charge < -0.3 is 9.84 Å². The molecule has 0 saturated heterocycles. The highest BCUT2D eigenvalue weighted by Gasteiger charge is 2.25. The molecule has 0 amide bonds. The normalized spacial score (nSPS) is 20.8. The van der Waals surface area contributed by atoms with Gasteiger partial charge in [-0.3, -0.25) is 4.79 Å². The minimum atomic E-state index is -1.09. The van der Waals surface area contributed by atoms with Gasteiger partial charge in [-0.15, -0.1) is 0 Å². The van der Waals surface area contributed by atoms with E-state index in [-0.39, 0.29) is 12.4 Å². The average molecular weight is 178 g/mol. The highest BCUT2D eigenvalue weighted by Crippen LogP contribution is 2.28. The third-order valence-corrected chi connectivity index (χ3v) is 2.24. The van der Waals surface area contributed by atoms with Gasteiger partial charge in [-0.1, -0.05) is 18.2 Å². The molecule has 0 aromatic heterocycles. The first-order valence-corrected chi connectivity index (χ1v) is 4.14. The summed E-state index contributed by atoms with van der Waals surface area (Å²) in [6.45, 7) is 1.89. The molecule has 68 valence electrons. The van der Waals surface area contributed by atoms with Crippen LogP contribution in [0.2, 0.25) is 0 Å². The lowest BCUT2D eigenvalue weighted by atomic mass is 9.97. The molecule has 1 N–H and O–H groups in total. The Kier molecular flexibility index (Phi) is 1.81. The van der Waals surface area contributed by atoms with E-state index in [0.29, 0.717) is 0 Å². The van der Waals surface area contributed by atoms with Crippen molar-refractivity contribution in [1.82, 2.24) is 0 Å². The van der Waals surface area contributed by atoms with Crippen LogP contribution in [0.5, 0.6) is 0 Å². The molecule has 1 aromatic rings. The van der Waals surface area contributed by atoms with Crippen LogP contribution >= 0.6 is 0 Å². The van der Waals surface area contributed by atoms with Crippen molar-refractivity contribution in [3.63, 3.8) is 0 Å². The van der Waals surface area contributed by atoms with Gasteiger partial charge in [0.1, 0.15) is 0 Å². The van der Waals surface area contributed by atoms with Crippen molar-refractivity contribution in [2.45, 2.75) is 19.6 Å². The van der Waals surface area contributed by atoms with Crippen molar-refractivity contribution < 1.29 is 14.6 Å². The number of ether oxygens (including phenoxy) is 1. The molecule has 1 heterocycles. The number of hydrogen-bond donors (Lipinski definition) is 1. The van der Waals surface area contributed by atoms with Crippen LogP contribution in [0, 0.1) is 6.92 Å². The van der Waals surface area contributed by atoms with E-state index in [9.17, 15) is 9.90 Å². The Balaban J connectivity index is 2.55. The molecule has 0 radical (unpaired) electrons. The lowest BCUT2D eigenvalue weighted by Gasteiger charge is -2.22. The summed E-state index contributed by atoms with van der Waals surface area (Å²) in [6.07, 6.45) is -0.828. The lowest BCUT2D eigenvalue weighted by molar-refractivity contribution is -0.171. The molecule has 1 aliphatic heterocycles. The first-order chi connectivity index (χ1) is 6.18. The van der Waals surface area contributed by atoms with Crippen LogP contribution in [0.3, 0.4) is 0 Å². The Hall–Kier alpha value is -1.35. The summed E-state index contributed by atoms with van der Waals surface area (Å²) >= 11 is 0. The van der Waals surface area contributed by atoms with Gasteiger partial charge in [-0.25, -0.2) is 0 Å². The van der Waals surface area contributed by atoms with E-state index in [4.69, 9.17) is 4.74 Å². The van der Waals surface area contributed by atoms with E-state index in [1.165, 1.54) is 0 Å². The highest BCUT2D eigenvalue weighted by molar-refractivity contribution is 5.75. The molecule has 1 unspecified atom stereocenters. The SMILES string of the molecule is Cc1cccc2c1C(O)OC(=O)C2. The van der Waals surface area contributed by atoms with E-state index >= 15 is 0 Å². The third kappa shape index (κ3) is 1.31. The summed E-state index contributed by atoms with van der Waals surface area (Å²) in [4.78, 5) is 11.0. The summed E-state index contributed by atoms with van der Waals surface area (Å²) in [6, 6.07) is 5.60. The molecule has 0 bridgehead atoms. The fourth-order valence-corrected chi connectivity index (χ4v) is 1.63. The van der Waals surface area contributed by atoms with Crippen LogP contribution in [0.1, 0.15) is 23.0 Å². The fourth-order valence-electron chi connectivity index (χ4n) is 1.63. The van der Waals surface area contributed by atoms with E-state index in [1.807, 2.05) is 25.1 Å². The van der Waals surface area contributed by atoms with E-state index < -0.39 is 6.29 Å². The lowest BCUT2D eigenvalue weighted by Crippen LogP contribution is -2.21. The van der Waals surface area contributed by atoms with E-state index in [1.54, 1.807) is 0 Å². The summed E-state index contributed by atoms with van der Waals surface area (Å²) in [5.41, 5.74) is 2.56. The molecule has 2 rings (SSSR count). The maximum absolute atomic E-state index is 11.0. The van der Waals surface area contributed by atoms with Crippen LogP contribution in [-0.2, 0) is 16.0 Å². The number of aryl methyl sites for hydroxylation is 1. The maximum atomic E-state index is 11.0. The summed E-state index contributed by atoms with van der Waals surface area (Å²) < 4.78 is 4.71. The zero-order chi connectivity index (χ0) is 9.42. The van der Waals surface area contributed by atoms with Gasteiger partial charge in [-0.05, 0) is 18.1 Å².